The first-order chi connectivity index (χ1) is 10.7. The molecule has 0 aliphatic carbocycles. The first-order valence-electron chi connectivity index (χ1n) is 8.67. The molecule has 1 aliphatic rings. The van der Waals surface area contributed by atoms with E-state index < -0.39 is 0 Å². The summed E-state index contributed by atoms with van der Waals surface area (Å²) in [7, 11) is 0. The number of fused-ring (bicyclic) bond motifs is 1. The van der Waals surface area contributed by atoms with Crippen molar-refractivity contribution in [2.24, 2.45) is 0 Å². The van der Waals surface area contributed by atoms with E-state index in [1.165, 1.54) is 35.5 Å². The Morgan fingerprint density at radius 3 is 2.55 bits per heavy atom. The molecule has 3 rings (SSSR count). The van der Waals surface area contributed by atoms with E-state index in [0.717, 1.165) is 31.5 Å². The molecule has 2 aromatic rings. The third-order valence-electron chi connectivity index (χ3n) is 4.81. The molecule has 0 radical (unpaired) electrons. The maximum absolute atomic E-state index is 5.03. The van der Waals surface area contributed by atoms with Crippen LogP contribution in [0.1, 0.15) is 62.3 Å². The first kappa shape index (κ1) is 15.1. The lowest BCUT2D eigenvalue weighted by Crippen LogP contribution is -2.07. The van der Waals surface area contributed by atoms with Gasteiger partial charge in [-0.3, -0.25) is 0 Å². The van der Waals surface area contributed by atoms with Gasteiger partial charge in [-0.15, -0.1) is 0 Å². The zero-order valence-corrected chi connectivity index (χ0v) is 14.0. The zero-order valence-electron chi connectivity index (χ0n) is 14.0. The number of benzene rings is 1. The van der Waals surface area contributed by atoms with Gasteiger partial charge in [0.1, 0.15) is 5.82 Å². The molecule has 0 amide bonds. The summed E-state index contributed by atoms with van der Waals surface area (Å²) in [5.41, 5.74) is 5.21. The summed E-state index contributed by atoms with van der Waals surface area (Å²) in [4.78, 5) is 0. The number of hydrogen-bond acceptors (Lipinski definition) is 2. The highest BCUT2D eigenvalue weighted by Crippen LogP contribution is 2.34. The minimum absolute atomic E-state index is 0.570. The predicted molar refractivity (Wildman–Crippen MR) is 93.1 cm³/mol. The van der Waals surface area contributed by atoms with Crippen molar-refractivity contribution >= 4 is 5.82 Å². The van der Waals surface area contributed by atoms with Gasteiger partial charge in [0.2, 0.25) is 0 Å². The zero-order chi connectivity index (χ0) is 15.5. The third-order valence-corrected chi connectivity index (χ3v) is 4.81. The maximum atomic E-state index is 5.03. The molecule has 0 fully saturated rings. The van der Waals surface area contributed by atoms with Gasteiger partial charge in [0, 0.05) is 18.0 Å². The molecule has 3 heteroatoms. The molecular formula is C19H27N3. The number of rotatable bonds is 4. The molecule has 1 N–H and O–H groups in total. The lowest BCUT2D eigenvalue weighted by molar-refractivity contribution is 0.605. The van der Waals surface area contributed by atoms with E-state index in [4.69, 9.17) is 5.10 Å². The number of anilines is 1. The van der Waals surface area contributed by atoms with E-state index in [-0.39, 0.29) is 0 Å². The lowest BCUT2D eigenvalue weighted by atomic mass is 9.94. The van der Waals surface area contributed by atoms with Crippen molar-refractivity contribution in [2.75, 3.05) is 11.9 Å². The minimum Gasteiger partial charge on any atom is -0.370 e. The van der Waals surface area contributed by atoms with Crippen molar-refractivity contribution in [3.8, 4) is 5.69 Å². The maximum Gasteiger partial charge on any atom is 0.133 e. The first-order valence-corrected chi connectivity index (χ1v) is 8.67. The second kappa shape index (κ2) is 6.55. The van der Waals surface area contributed by atoms with Gasteiger partial charge in [0.15, 0.2) is 0 Å². The standard InChI is InChI=1S/C19H27N3/c1-4-15(5-2)18-17-8-6-7-13-20-19(17)22(21-18)16-11-9-14(3)10-12-16/h9-12,15,20H,4-8,13H2,1-3H3. The predicted octanol–water partition coefficient (Wildman–Crippen LogP) is 4.83. The van der Waals surface area contributed by atoms with E-state index >= 15 is 0 Å². The van der Waals surface area contributed by atoms with Crippen molar-refractivity contribution in [3.05, 3.63) is 41.1 Å². The van der Waals surface area contributed by atoms with Gasteiger partial charge in [-0.1, -0.05) is 31.5 Å². The lowest BCUT2D eigenvalue weighted by Gasteiger charge is -2.11. The van der Waals surface area contributed by atoms with Crippen LogP contribution in [0.15, 0.2) is 24.3 Å². The highest BCUT2D eigenvalue weighted by molar-refractivity contribution is 5.55. The van der Waals surface area contributed by atoms with Crippen LogP contribution in [0.5, 0.6) is 0 Å². The molecule has 0 unspecified atom stereocenters. The Hall–Kier alpha value is -1.77. The van der Waals surface area contributed by atoms with Gasteiger partial charge in [-0.2, -0.15) is 5.10 Å². The van der Waals surface area contributed by atoms with Crippen LogP contribution in [0.3, 0.4) is 0 Å². The van der Waals surface area contributed by atoms with Crippen molar-refractivity contribution in [3.63, 3.8) is 0 Å². The Morgan fingerprint density at radius 1 is 1.14 bits per heavy atom. The minimum atomic E-state index is 0.570. The summed E-state index contributed by atoms with van der Waals surface area (Å²) < 4.78 is 2.13. The van der Waals surface area contributed by atoms with Crippen LogP contribution in [0, 0.1) is 6.92 Å². The van der Waals surface area contributed by atoms with Crippen LogP contribution >= 0.6 is 0 Å². The molecule has 0 saturated carbocycles. The fraction of sp³-hybridized carbons (Fsp3) is 0.526. The van der Waals surface area contributed by atoms with Crippen molar-refractivity contribution < 1.29 is 0 Å². The molecule has 1 aliphatic heterocycles. The number of nitrogens with zero attached hydrogens (tertiary/aromatic N) is 2. The van der Waals surface area contributed by atoms with Crippen molar-refractivity contribution in [1.29, 1.82) is 0 Å². The normalized spacial score (nSPS) is 14.5. The Kier molecular flexibility index (Phi) is 4.51. The molecular weight excluding hydrogens is 270 g/mol. The monoisotopic (exact) mass is 297 g/mol. The van der Waals surface area contributed by atoms with E-state index in [0.29, 0.717) is 5.92 Å². The molecule has 1 aromatic carbocycles. The van der Waals surface area contributed by atoms with Crippen molar-refractivity contribution in [2.45, 2.75) is 58.8 Å². The average Bonchev–Trinajstić information content (AvgIpc) is 2.73. The Bertz CT molecular complexity index is 621. The average molecular weight is 297 g/mol. The van der Waals surface area contributed by atoms with Gasteiger partial charge in [-0.05, 0) is 51.2 Å². The summed E-state index contributed by atoms with van der Waals surface area (Å²) >= 11 is 0. The molecule has 3 nitrogen and oxygen atoms in total. The van der Waals surface area contributed by atoms with E-state index in [9.17, 15) is 0 Å². The number of aryl methyl sites for hydroxylation is 1. The molecule has 118 valence electrons. The SMILES string of the molecule is CCC(CC)c1nn(-c2ccc(C)cc2)c2c1CCCCN2. The quantitative estimate of drug-likeness (QED) is 0.875. The summed E-state index contributed by atoms with van der Waals surface area (Å²) in [5, 5.41) is 8.66. The van der Waals surface area contributed by atoms with Gasteiger partial charge in [0.25, 0.3) is 0 Å². The molecule has 22 heavy (non-hydrogen) atoms. The Balaban J connectivity index is 2.11. The summed E-state index contributed by atoms with van der Waals surface area (Å²) in [5.74, 6) is 1.80. The van der Waals surface area contributed by atoms with Crippen LogP contribution in [-0.2, 0) is 6.42 Å². The Labute approximate surface area is 133 Å². The van der Waals surface area contributed by atoms with Crippen LogP contribution < -0.4 is 5.32 Å². The van der Waals surface area contributed by atoms with Gasteiger partial charge < -0.3 is 5.32 Å². The van der Waals surface area contributed by atoms with Crippen LogP contribution in [0.2, 0.25) is 0 Å². The molecule has 0 saturated heterocycles. The third kappa shape index (κ3) is 2.77. The molecule has 2 heterocycles. The van der Waals surface area contributed by atoms with E-state index in [1.54, 1.807) is 0 Å². The second-order valence-corrected chi connectivity index (χ2v) is 6.36. The van der Waals surface area contributed by atoms with Gasteiger partial charge in [-0.25, -0.2) is 4.68 Å². The summed E-state index contributed by atoms with van der Waals surface area (Å²) in [6.45, 7) is 7.72. The fourth-order valence-electron chi connectivity index (χ4n) is 3.41. The van der Waals surface area contributed by atoms with Crippen molar-refractivity contribution in [1.82, 2.24) is 9.78 Å². The van der Waals surface area contributed by atoms with Crippen LogP contribution in [-0.4, -0.2) is 16.3 Å². The highest BCUT2D eigenvalue weighted by atomic mass is 15.3. The second-order valence-electron chi connectivity index (χ2n) is 6.36. The highest BCUT2D eigenvalue weighted by Gasteiger charge is 2.24. The number of aromatic nitrogens is 2. The summed E-state index contributed by atoms with van der Waals surface area (Å²) in [6.07, 6.45) is 5.97. The van der Waals surface area contributed by atoms with Gasteiger partial charge >= 0.3 is 0 Å². The molecule has 1 aromatic heterocycles. The summed E-state index contributed by atoms with van der Waals surface area (Å²) in [6, 6.07) is 8.67. The molecule has 0 bridgehead atoms. The molecule has 0 atom stereocenters. The topological polar surface area (TPSA) is 29.9 Å². The largest absolute Gasteiger partial charge is 0.370 e. The number of nitrogens with one attached hydrogen (secondary N) is 1. The van der Waals surface area contributed by atoms with Crippen LogP contribution in [0.25, 0.3) is 5.69 Å². The van der Waals surface area contributed by atoms with Gasteiger partial charge in [0.05, 0.1) is 11.4 Å². The van der Waals surface area contributed by atoms with E-state index in [2.05, 4.69) is 55.0 Å². The molecule has 0 spiro atoms. The Morgan fingerprint density at radius 2 is 1.86 bits per heavy atom. The smallest absolute Gasteiger partial charge is 0.133 e. The number of hydrogen-bond donors (Lipinski definition) is 1. The van der Waals surface area contributed by atoms with Crippen LogP contribution in [0.4, 0.5) is 5.82 Å². The van der Waals surface area contributed by atoms with E-state index in [1.807, 2.05) is 0 Å². The fourth-order valence-corrected chi connectivity index (χ4v) is 3.41.